The highest BCUT2D eigenvalue weighted by molar-refractivity contribution is 5.78. The van der Waals surface area contributed by atoms with Crippen LogP contribution in [0, 0.1) is 11.7 Å². The van der Waals surface area contributed by atoms with Gasteiger partial charge in [0.1, 0.15) is 5.82 Å². The summed E-state index contributed by atoms with van der Waals surface area (Å²) in [6, 6.07) is 6.01. The van der Waals surface area contributed by atoms with E-state index in [2.05, 4.69) is 5.32 Å². The van der Waals surface area contributed by atoms with Gasteiger partial charge in [0, 0.05) is 5.92 Å². The molecule has 2 atom stereocenters. The number of hydrogen-bond acceptors (Lipinski definition) is 2. The summed E-state index contributed by atoms with van der Waals surface area (Å²) in [6.07, 6.45) is 0.669. The molecular weight excluding hydrogens is 219 g/mol. The average molecular weight is 238 g/mol. The molecule has 4 heteroatoms. The van der Waals surface area contributed by atoms with Crippen molar-refractivity contribution in [2.45, 2.75) is 26.3 Å². The van der Waals surface area contributed by atoms with Crippen LogP contribution >= 0.6 is 0 Å². The molecule has 3 N–H and O–H groups in total. The van der Waals surface area contributed by atoms with Gasteiger partial charge in [0.05, 0.1) is 6.04 Å². The molecule has 0 aromatic heterocycles. The first-order valence-corrected chi connectivity index (χ1v) is 5.80. The molecule has 0 aliphatic carbocycles. The fraction of sp³-hybridized carbons (Fsp3) is 0.462. The van der Waals surface area contributed by atoms with Crippen LogP contribution in [0.15, 0.2) is 24.3 Å². The molecule has 1 aromatic carbocycles. The first-order valence-electron chi connectivity index (χ1n) is 5.80. The summed E-state index contributed by atoms with van der Waals surface area (Å²) in [7, 11) is 0. The Kier molecular flexibility index (Phi) is 5.10. The molecule has 0 aliphatic rings. The standard InChI is InChI=1S/C13H19FN2O/c1-9(7-8-15)13(17)16-10(2)11-3-5-12(14)6-4-11/h3-6,9-10H,7-8,15H2,1-2H3,(H,16,17)/t9?,10-/m1/s1. The lowest BCUT2D eigenvalue weighted by molar-refractivity contribution is -0.125. The zero-order chi connectivity index (χ0) is 12.8. The summed E-state index contributed by atoms with van der Waals surface area (Å²) in [5.41, 5.74) is 6.29. The number of hydrogen-bond donors (Lipinski definition) is 2. The van der Waals surface area contributed by atoms with Gasteiger partial charge in [0.2, 0.25) is 5.91 Å². The number of amides is 1. The van der Waals surface area contributed by atoms with Crippen molar-refractivity contribution in [2.24, 2.45) is 11.7 Å². The minimum Gasteiger partial charge on any atom is -0.349 e. The molecule has 1 rings (SSSR count). The molecule has 0 radical (unpaired) electrons. The third-order valence-corrected chi connectivity index (χ3v) is 2.78. The highest BCUT2D eigenvalue weighted by Gasteiger charge is 2.15. The lowest BCUT2D eigenvalue weighted by Crippen LogP contribution is -2.32. The third kappa shape index (κ3) is 4.15. The van der Waals surface area contributed by atoms with E-state index in [1.165, 1.54) is 12.1 Å². The normalized spacial score (nSPS) is 14.1. The predicted octanol–water partition coefficient (Wildman–Crippen LogP) is 1.99. The van der Waals surface area contributed by atoms with Crippen LogP contribution in [0.25, 0.3) is 0 Å². The van der Waals surface area contributed by atoms with Crippen LogP contribution in [-0.2, 0) is 4.79 Å². The predicted molar refractivity (Wildman–Crippen MR) is 65.8 cm³/mol. The molecule has 0 spiro atoms. The van der Waals surface area contributed by atoms with Gasteiger partial charge in [0.25, 0.3) is 0 Å². The van der Waals surface area contributed by atoms with Crippen molar-refractivity contribution < 1.29 is 9.18 Å². The molecule has 0 saturated carbocycles. The van der Waals surface area contributed by atoms with Crippen molar-refractivity contribution in [3.05, 3.63) is 35.6 Å². The van der Waals surface area contributed by atoms with Crippen molar-refractivity contribution in [1.29, 1.82) is 0 Å². The van der Waals surface area contributed by atoms with Gasteiger partial charge >= 0.3 is 0 Å². The van der Waals surface area contributed by atoms with E-state index in [1.807, 2.05) is 13.8 Å². The van der Waals surface area contributed by atoms with Gasteiger partial charge in [-0.25, -0.2) is 4.39 Å². The van der Waals surface area contributed by atoms with Crippen LogP contribution in [0.3, 0.4) is 0 Å². The molecule has 1 unspecified atom stereocenters. The number of carbonyl (C=O) groups is 1. The monoisotopic (exact) mass is 238 g/mol. The summed E-state index contributed by atoms with van der Waals surface area (Å²) in [4.78, 5) is 11.7. The maximum atomic E-state index is 12.7. The zero-order valence-electron chi connectivity index (χ0n) is 10.2. The fourth-order valence-corrected chi connectivity index (χ4v) is 1.57. The van der Waals surface area contributed by atoms with Gasteiger partial charge in [-0.1, -0.05) is 19.1 Å². The van der Waals surface area contributed by atoms with Crippen LogP contribution in [0.2, 0.25) is 0 Å². The summed E-state index contributed by atoms with van der Waals surface area (Å²) in [5, 5.41) is 2.88. The van der Waals surface area contributed by atoms with E-state index < -0.39 is 0 Å². The Morgan fingerprint density at radius 2 is 1.94 bits per heavy atom. The van der Waals surface area contributed by atoms with Crippen molar-refractivity contribution in [3.63, 3.8) is 0 Å². The average Bonchev–Trinajstić information content (AvgIpc) is 2.30. The SMILES string of the molecule is CC(CCN)C(=O)N[C@H](C)c1ccc(F)cc1. The highest BCUT2D eigenvalue weighted by atomic mass is 19.1. The number of rotatable bonds is 5. The number of carbonyl (C=O) groups excluding carboxylic acids is 1. The van der Waals surface area contributed by atoms with Crippen molar-refractivity contribution >= 4 is 5.91 Å². The van der Waals surface area contributed by atoms with E-state index in [1.54, 1.807) is 12.1 Å². The third-order valence-electron chi connectivity index (χ3n) is 2.78. The van der Waals surface area contributed by atoms with Gasteiger partial charge in [-0.2, -0.15) is 0 Å². The van der Waals surface area contributed by atoms with Crippen LogP contribution < -0.4 is 11.1 Å². The lowest BCUT2D eigenvalue weighted by Gasteiger charge is -2.17. The first-order chi connectivity index (χ1) is 8.04. The summed E-state index contributed by atoms with van der Waals surface area (Å²) in [6.45, 7) is 4.22. The molecule has 17 heavy (non-hydrogen) atoms. The number of nitrogens with one attached hydrogen (secondary N) is 1. The molecule has 3 nitrogen and oxygen atoms in total. The number of halogens is 1. The highest BCUT2D eigenvalue weighted by Crippen LogP contribution is 2.14. The Bertz CT molecular complexity index is 364. The topological polar surface area (TPSA) is 55.1 Å². The Hall–Kier alpha value is -1.42. The van der Waals surface area contributed by atoms with E-state index in [9.17, 15) is 9.18 Å². The van der Waals surface area contributed by atoms with Gasteiger partial charge in [0.15, 0.2) is 0 Å². The zero-order valence-corrected chi connectivity index (χ0v) is 10.2. The molecular formula is C13H19FN2O. The van der Waals surface area contributed by atoms with Gasteiger partial charge < -0.3 is 11.1 Å². The summed E-state index contributed by atoms with van der Waals surface area (Å²) < 4.78 is 12.7. The smallest absolute Gasteiger partial charge is 0.223 e. The summed E-state index contributed by atoms with van der Waals surface area (Å²) >= 11 is 0. The number of benzene rings is 1. The Labute approximate surface area is 101 Å². The minimum absolute atomic E-state index is 0.0210. The molecule has 0 heterocycles. The second-order valence-corrected chi connectivity index (χ2v) is 4.26. The van der Waals surface area contributed by atoms with Crippen molar-refractivity contribution in [2.75, 3.05) is 6.54 Å². The fourth-order valence-electron chi connectivity index (χ4n) is 1.57. The Morgan fingerprint density at radius 1 is 1.35 bits per heavy atom. The Morgan fingerprint density at radius 3 is 2.47 bits per heavy atom. The quantitative estimate of drug-likeness (QED) is 0.824. The van der Waals surface area contributed by atoms with E-state index >= 15 is 0 Å². The first kappa shape index (κ1) is 13.6. The van der Waals surface area contributed by atoms with Crippen LogP contribution in [0.5, 0.6) is 0 Å². The van der Waals surface area contributed by atoms with Gasteiger partial charge in [-0.15, -0.1) is 0 Å². The van der Waals surface area contributed by atoms with Crippen molar-refractivity contribution in [1.82, 2.24) is 5.32 Å². The van der Waals surface area contributed by atoms with Crippen LogP contribution in [-0.4, -0.2) is 12.5 Å². The van der Waals surface area contributed by atoms with Gasteiger partial charge in [-0.05, 0) is 37.6 Å². The molecule has 94 valence electrons. The molecule has 1 amide bonds. The molecule has 0 saturated heterocycles. The van der Waals surface area contributed by atoms with E-state index in [0.29, 0.717) is 13.0 Å². The van der Waals surface area contributed by atoms with E-state index in [0.717, 1.165) is 5.56 Å². The number of nitrogens with two attached hydrogens (primary N) is 1. The second-order valence-electron chi connectivity index (χ2n) is 4.26. The molecule has 0 bridgehead atoms. The lowest BCUT2D eigenvalue weighted by atomic mass is 10.0. The second kappa shape index (κ2) is 6.35. The largest absolute Gasteiger partial charge is 0.349 e. The maximum absolute atomic E-state index is 12.7. The van der Waals surface area contributed by atoms with Gasteiger partial charge in [-0.3, -0.25) is 4.79 Å². The van der Waals surface area contributed by atoms with Crippen LogP contribution in [0.1, 0.15) is 31.9 Å². The van der Waals surface area contributed by atoms with Crippen molar-refractivity contribution in [3.8, 4) is 0 Å². The van der Waals surface area contributed by atoms with E-state index in [4.69, 9.17) is 5.73 Å². The van der Waals surface area contributed by atoms with Crippen LogP contribution in [0.4, 0.5) is 4.39 Å². The minimum atomic E-state index is -0.274. The Balaban J connectivity index is 2.57. The molecule has 1 aromatic rings. The molecule has 0 aliphatic heterocycles. The van der Waals surface area contributed by atoms with E-state index in [-0.39, 0.29) is 23.7 Å². The summed E-state index contributed by atoms with van der Waals surface area (Å²) in [5.74, 6) is -0.390. The molecule has 0 fully saturated rings. The maximum Gasteiger partial charge on any atom is 0.223 e.